The van der Waals surface area contributed by atoms with Crippen molar-refractivity contribution in [2.75, 3.05) is 0 Å². The Bertz CT molecular complexity index is 509. The van der Waals surface area contributed by atoms with Gasteiger partial charge in [0.05, 0.1) is 0 Å². The van der Waals surface area contributed by atoms with Crippen LogP contribution in [0.3, 0.4) is 0 Å². The van der Waals surface area contributed by atoms with Crippen molar-refractivity contribution >= 4 is 5.91 Å². The molecule has 21 heavy (non-hydrogen) atoms. The Morgan fingerprint density at radius 3 is 2.33 bits per heavy atom. The van der Waals surface area contributed by atoms with E-state index in [2.05, 4.69) is 12.2 Å². The summed E-state index contributed by atoms with van der Waals surface area (Å²) in [7, 11) is 0. The average molecular weight is 289 g/mol. The van der Waals surface area contributed by atoms with Crippen LogP contribution in [0.1, 0.15) is 39.5 Å². The maximum Gasteiger partial charge on any atom is 0.265 e. The molecule has 4 heteroatoms. The molecule has 1 N–H and O–H groups in total. The summed E-state index contributed by atoms with van der Waals surface area (Å²) in [5.74, 6) is 2.07. The quantitative estimate of drug-likeness (QED) is 0.910. The van der Waals surface area contributed by atoms with Gasteiger partial charge in [0.15, 0.2) is 11.5 Å². The zero-order valence-electron chi connectivity index (χ0n) is 12.7. The summed E-state index contributed by atoms with van der Waals surface area (Å²) in [4.78, 5) is 12.5. The monoisotopic (exact) mass is 289 g/mol. The highest BCUT2D eigenvalue weighted by Gasteiger charge is 2.35. The number of nitrogens with one attached hydrogen (secondary N) is 1. The fraction of sp³-hybridized carbons (Fsp3) is 0.588. The van der Waals surface area contributed by atoms with Gasteiger partial charge in [0.2, 0.25) is 6.10 Å². The third-order valence-corrected chi connectivity index (χ3v) is 4.46. The van der Waals surface area contributed by atoms with Crippen LogP contribution in [0.25, 0.3) is 0 Å². The van der Waals surface area contributed by atoms with Gasteiger partial charge in [-0.3, -0.25) is 4.79 Å². The fourth-order valence-corrected chi connectivity index (χ4v) is 3.09. The molecule has 1 fully saturated rings. The van der Waals surface area contributed by atoms with E-state index in [1.807, 2.05) is 31.2 Å². The fourth-order valence-electron chi connectivity index (χ4n) is 3.09. The van der Waals surface area contributed by atoms with Gasteiger partial charge in [-0.1, -0.05) is 19.1 Å². The Hall–Kier alpha value is -1.71. The maximum atomic E-state index is 12.5. The SMILES string of the molecule is CC1CCC(NC(=O)C2Oc3ccccc3OC2C)CC1. The maximum absolute atomic E-state index is 12.5. The second-order valence-corrected chi connectivity index (χ2v) is 6.27. The summed E-state index contributed by atoms with van der Waals surface area (Å²) in [5, 5.41) is 3.13. The molecule has 0 saturated heterocycles. The molecular weight excluding hydrogens is 266 g/mol. The molecule has 1 aromatic carbocycles. The van der Waals surface area contributed by atoms with E-state index in [-0.39, 0.29) is 18.1 Å². The highest BCUT2D eigenvalue weighted by atomic mass is 16.6. The number of ether oxygens (including phenoxy) is 2. The molecule has 4 nitrogen and oxygen atoms in total. The van der Waals surface area contributed by atoms with Gasteiger partial charge < -0.3 is 14.8 Å². The topological polar surface area (TPSA) is 47.6 Å². The van der Waals surface area contributed by atoms with E-state index < -0.39 is 6.10 Å². The lowest BCUT2D eigenvalue weighted by atomic mass is 9.87. The summed E-state index contributed by atoms with van der Waals surface area (Å²) < 4.78 is 11.6. The second-order valence-electron chi connectivity index (χ2n) is 6.27. The van der Waals surface area contributed by atoms with Gasteiger partial charge >= 0.3 is 0 Å². The van der Waals surface area contributed by atoms with Crippen molar-refractivity contribution in [1.82, 2.24) is 5.32 Å². The van der Waals surface area contributed by atoms with Crippen molar-refractivity contribution < 1.29 is 14.3 Å². The van der Waals surface area contributed by atoms with Gasteiger partial charge in [0.25, 0.3) is 5.91 Å². The van der Waals surface area contributed by atoms with Crippen molar-refractivity contribution in [3.8, 4) is 11.5 Å². The number of hydrogen-bond acceptors (Lipinski definition) is 3. The number of benzene rings is 1. The molecule has 1 aliphatic carbocycles. The first kappa shape index (κ1) is 14.2. The molecule has 2 atom stereocenters. The molecule has 0 aromatic heterocycles. The first-order valence-electron chi connectivity index (χ1n) is 7.86. The van der Waals surface area contributed by atoms with Gasteiger partial charge in [0, 0.05) is 6.04 Å². The largest absolute Gasteiger partial charge is 0.482 e. The van der Waals surface area contributed by atoms with E-state index >= 15 is 0 Å². The zero-order chi connectivity index (χ0) is 14.8. The van der Waals surface area contributed by atoms with Gasteiger partial charge in [-0.25, -0.2) is 0 Å². The Labute approximate surface area is 125 Å². The molecule has 2 aliphatic rings. The number of carbonyl (C=O) groups is 1. The number of carbonyl (C=O) groups excluding carboxylic acids is 1. The van der Waals surface area contributed by atoms with E-state index in [4.69, 9.17) is 9.47 Å². The van der Waals surface area contributed by atoms with Crippen molar-refractivity contribution in [3.05, 3.63) is 24.3 Å². The second kappa shape index (κ2) is 5.96. The molecule has 3 rings (SSSR count). The minimum atomic E-state index is -0.570. The van der Waals surface area contributed by atoms with E-state index in [0.717, 1.165) is 18.8 Å². The highest BCUT2D eigenvalue weighted by molar-refractivity contribution is 5.82. The normalized spacial score (nSPS) is 31.5. The summed E-state index contributed by atoms with van der Waals surface area (Å²) in [6.45, 7) is 4.15. The minimum Gasteiger partial charge on any atom is -0.482 e. The predicted molar refractivity (Wildman–Crippen MR) is 80.5 cm³/mol. The Morgan fingerprint density at radius 1 is 1.05 bits per heavy atom. The van der Waals surface area contributed by atoms with E-state index in [0.29, 0.717) is 11.5 Å². The molecular formula is C17H23NO3. The average Bonchev–Trinajstić information content (AvgIpc) is 2.49. The van der Waals surface area contributed by atoms with Crippen molar-refractivity contribution in [3.63, 3.8) is 0 Å². The standard InChI is InChI=1S/C17H23NO3/c1-11-7-9-13(10-8-11)18-17(19)16-12(2)20-14-5-3-4-6-15(14)21-16/h3-6,11-13,16H,7-10H2,1-2H3,(H,18,19). The molecule has 1 aromatic rings. The van der Waals surface area contributed by atoms with E-state index in [1.54, 1.807) is 0 Å². The molecule has 0 bridgehead atoms. The van der Waals surface area contributed by atoms with E-state index in [9.17, 15) is 4.79 Å². The first-order valence-corrected chi connectivity index (χ1v) is 7.86. The number of rotatable bonds is 2. The third-order valence-electron chi connectivity index (χ3n) is 4.46. The number of fused-ring (bicyclic) bond motifs is 1. The molecule has 114 valence electrons. The third kappa shape index (κ3) is 3.14. The number of amides is 1. The first-order chi connectivity index (χ1) is 10.1. The smallest absolute Gasteiger partial charge is 0.265 e. The molecule has 0 spiro atoms. The molecule has 1 amide bonds. The molecule has 1 heterocycles. The van der Waals surface area contributed by atoms with Gasteiger partial charge in [-0.2, -0.15) is 0 Å². The summed E-state index contributed by atoms with van der Waals surface area (Å²) in [6, 6.07) is 7.77. The number of para-hydroxylation sites is 2. The van der Waals surface area contributed by atoms with Crippen molar-refractivity contribution in [1.29, 1.82) is 0 Å². The van der Waals surface area contributed by atoms with Gasteiger partial charge in [-0.15, -0.1) is 0 Å². The molecule has 1 aliphatic heterocycles. The van der Waals surface area contributed by atoms with Crippen LogP contribution in [-0.4, -0.2) is 24.2 Å². The molecule has 0 radical (unpaired) electrons. The van der Waals surface area contributed by atoms with Crippen LogP contribution in [0.4, 0.5) is 0 Å². The lowest BCUT2D eigenvalue weighted by Gasteiger charge is -2.33. The van der Waals surface area contributed by atoms with Crippen LogP contribution in [0, 0.1) is 5.92 Å². The van der Waals surface area contributed by atoms with Crippen LogP contribution >= 0.6 is 0 Å². The lowest BCUT2D eigenvalue weighted by molar-refractivity contribution is -0.134. The molecule has 2 unspecified atom stereocenters. The predicted octanol–water partition coefficient (Wildman–Crippen LogP) is 2.91. The van der Waals surface area contributed by atoms with Crippen LogP contribution in [-0.2, 0) is 4.79 Å². The van der Waals surface area contributed by atoms with Gasteiger partial charge in [0.1, 0.15) is 6.10 Å². The lowest BCUT2D eigenvalue weighted by Crippen LogP contribution is -2.52. The van der Waals surface area contributed by atoms with Crippen molar-refractivity contribution in [2.45, 2.75) is 57.8 Å². The highest BCUT2D eigenvalue weighted by Crippen LogP contribution is 2.33. The molecule has 1 saturated carbocycles. The number of hydrogen-bond donors (Lipinski definition) is 1. The van der Waals surface area contributed by atoms with Crippen LogP contribution in [0.5, 0.6) is 11.5 Å². The summed E-state index contributed by atoms with van der Waals surface area (Å²) >= 11 is 0. The van der Waals surface area contributed by atoms with E-state index in [1.165, 1.54) is 12.8 Å². The van der Waals surface area contributed by atoms with Crippen LogP contribution in [0.2, 0.25) is 0 Å². The Morgan fingerprint density at radius 2 is 1.67 bits per heavy atom. The Balaban J connectivity index is 1.62. The summed E-state index contributed by atoms with van der Waals surface area (Å²) in [5.41, 5.74) is 0. The zero-order valence-corrected chi connectivity index (χ0v) is 12.7. The summed E-state index contributed by atoms with van der Waals surface area (Å²) in [6.07, 6.45) is 3.65. The van der Waals surface area contributed by atoms with Crippen LogP contribution < -0.4 is 14.8 Å². The minimum absolute atomic E-state index is 0.0587. The van der Waals surface area contributed by atoms with Crippen LogP contribution in [0.15, 0.2) is 24.3 Å². The van der Waals surface area contributed by atoms with Gasteiger partial charge in [-0.05, 0) is 50.7 Å². The van der Waals surface area contributed by atoms with Crippen molar-refractivity contribution in [2.24, 2.45) is 5.92 Å². The Kier molecular flexibility index (Phi) is 4.04.